The summed E-state index contributed by atoms with van der Waals surface area (Å²) in [7, 11) is 1.77. The molecule has 2 rings (SSSR count). The Morgan fingerprint density at radius 1 is 1.21 bits per heavy atom. The molecule has 0 spiro atoms. The second-order valence-corrected chi connectivity index (χ2v) is 6.19. The van der Waals surface area contributed by atoms with Crippen LogP contribution < -0.4 is 10.6 Å². The molecule has 4 nitrogen and oxygen atoms in total. The lowest BCUT2D eigenvalue weighted by molar-refractivity contribution is 0.330. The van der Waals surface area contributed by atoms with Crippen LogP contribution in [0.25, 0.3) is 0 Å². The molecule has 1 saturated heterocycles. The Hall–Kier alpha value is -0.890. The summed E-state index contributed by atoms with van der Waals surface area (Å²) in [5, 5.41) is 6.61. The zero-order chi connectivity index (χ0) is 16.5. The summed E-state index contributed by atoms with van der Waals surface area (Å²) in [5.74, 6) is 0.641. The number of nitrogens with zero attached hydrogens (tertiary/aromatic N) is 2. The predicted molar refractivity (Wildman–Crippen MR) is 110 cm³/mol. The first kappa shape index (κ1) is 21.2. The van der Waals surface area contributed by atoms with Gasteiger partial charge in [-0.3, -0.25) is 4.99 Å². The molecule has 1 aliphatic heterocycles. The number of hydrogen-bond acceptors (Lipinski definition) is 2. The molecule has 2 N–H and O–H groups in total. The number of aryl methyl sites for hydroxylation is 1. The Morgan fingerprint density at radius 2 is 1.96 bits per heavy atom. The molecular formula is C18H30FIN4. The van der Waals surface area contributed by atoms with E-state index in [1.54, 1.807) is 20.0 Å². The van der Waals surface area contributed by atoms with E-state index in [1.807, 2.05) is 6.07 Å². The molecule has 1 aromatic carbocycles. The summed E-state index contributed by atoms with van der Waals surface area (Å²) in [4.78, 5) is 6.77. The summed E-state index contributed by atoms with van der Waals surface area (Å²) >= 11 is 0. The van der Waals surface area contributed by atoms with E-state index in [0.29, 0.717) is 12.1 Å². The molecule has 0 unspecified atom stereocenters. The highest BCUT2D eigenvalue weighted by atomic mass is 127. The van der Waals surface area contributed by atoms with Crippen molar-refractivity contribution in [3.05, 3.63) is 35.1 Å². The minimum absolute atomic E-state index is 0. The molecule has 1 aliphatic rings. The van der Waals surface area contributed by atoms with Crippen molar-refractivity contribution in [3.63, 3.8) is 0 Å². The molecular weight excluding hydrogens is 418 g/mol. The van der Waals surface area contributed by atoms with Crippen LogP contribution in [0.4, 0.5) is 4.39 Å². The Kier molecular flexibility index (Phi) is 10.2. The highest BCUT2D eigenvalue weighted by Gasteiger charge is 2.10. The number of hydrogen-bond donors (Lipinski definition) is 2. The molecule has 1 aromatic rings. The van der Waals surface area contributed by atoms with Gasteiger partial charge in [-0.15, -0.1) is 24.0 Å². The Bertz CT molecular complexity index is 516. The number of halogens is 2. The third-order valence-electron chi connectivity index (χ3n) is 4.30. The van der Waals surface area contributed by atoms with Gasteiger partial charge in [0.2, 0.25) is 0 Å². The third-order valence-corrected chi connectivity index (χ3v) is 4.30. The topological polar surface area (TPSA) is 39.7 Å². The fraction of sp³-hybridized carbons (Fsp3) is 0.611. The SMILES string of the molecule is CN=C(NCCCCN1CCCC1)NCc1ccc(F)c(C)c1.I. The summed E-state index contributed by atoms with van der Waals surface area (Å²) in [6, 6.07) is 5.19. The van der Waals surface area contributed by atoms with Gasteiger partial charge in [-0.05, 0) is 69.4 Å². The van der Waals surface area contributed by atoms with Crippen LogP contribution in [0.3, 0.4) is 0 Å². The molecule has 1 fully saturated rings. The summed E-state index contributed by atoms with van der Waals surface area (Å²) < 4.78 is 13.3. The van der Waals surface area contributed by atoms with E-state index in [2.05, 4.69) is 20.5 Å². The van der Waals surface area contributed by atoms with Crippen molar-refractivity contribution in [2.45, 2.75) is 39.2 Å². The first-order chi connectivity index (χ1) is 11.2. The zero-order valence-electron chi connectivity index (χ0n) is 14.8. The largest absolute Gasteiger partial charge is 0.356 e. The van der Waals surface area contributed by atoms with Crippen LogP contribution in [0.2, 0.25) is 0 Å². The van der Waals surface area contributed by atoms with Gasteiger partial charge < -0.3 is 15.5 Å². The van der Waals surface area contributed by atoms with Crippen LogP contribution in [-0.4, -0.2) is 44.1 Å². The molecule has 1 heterocycles. The van der Waals surface area contributed by atoms with Gasteiger partial charge in [0.1, 0.15) is 5.82 Å². The minimum atomic E-state index is -0.158. The monoisotopic (exact) mass is 448 g/mol. The number of nitrogens with one attached hydrogen (secondary N) is 2. The van der Waals surface area contributed by atoms with E-state index in [-0.39, 0.29) is 29.8 Å². The van der Waals surface area contributed by atoms with Gasteiger partial charge in [-0.1, -0.05) is 12.1 Å². The molecule has 0 amide bonds. The lowest BCUT2D eigenvalue weighted by atomic mass is 10.1. The maximum absolute atomic E-state index is 13.3. The Labute approximate surface area is 162 Å². The zero-order valence-corrected chi connectivity index (χ0v) is 17.1. The van der Waals surface area contributed by atoms with Crippen LogP contribution >= 0.6 is 24.0 Å². The van der Waals surface area contributed by atoms with Crippen molar-refractivity contribution in [2.75, 3.05) is 33.2 Å². The van der Waals surface area contributed by atoms with E-state index < -0.39 is 0 Å². The maximum Gasteiger partial charge on any atom is 0.191 e. The van der Waals surface area contributed by atoms with Crippen LogP contribution in [0, 0.1) is 12.7 Å². The van der Waals surface area contributed by atoms with Crippen molar-refractivity contribution in [1.29, 1.82) is 0 Å². The number of aliphatic imine (C=N–C) groups is 1. The number of benzene rings is 1. The van der Waals surface area contributed by atoms with Crippen molar-refractivity contribution in [3.8, 4) is 0 Å². The second-order valence-electron chi connectivity index (χ2n) is 6.19. The van der Waals surface area contributed by atoms with Gasteiger partial charge in [-0.2, -0.15) is 0 Å². The smallest absolute Gasteiger partial charge is 0.191 e. The van der Waals surface area contributed by atoms with Gasteiger partial charge in [0.05, 0.1) is 0 Å². The summed E-state index contributed by atoms with van der Waals surface area (Å²) in [5.41, 5.74) is 1.73. The Morgan fingerprint density at radius 3 is 2.62 bits per heavy atom. The van der Waals surface area contributed by atoms with Gasteiger partial charge in [0.15, 0.2) is 5.96 Å². The lowest BCUT2D eigenvalue weighted by Crippen LogP contribution is -2.37. The first-order valence-corrected chi connectivity index (χ1v) is 8.61. The number of guanidine groups is 1. The molecule has 6 heteroatoms. The average Bonchev–Trinajstić information content (AvgIpc) is 3.06. The van der Waals surface area contributed by atoms with Crippen molar-refractivity contribution < 1.29 is 4.39 Å². The maximum atomic E-state index is 13.3. The van der Waals surface area contributed by atoms with E-state index >= 15 is 0 Å². The fourth-order valence-corrected chi connectivity index (χ4v) is 2.90. The highest BCUT2D eigenvalue weighted by molar-refractivity contribution is 14.0. The first-order valence-electron chi connectivity index (χ1n) is 8.61. The lowest BCUT2D eigenvalue weighted by Gasteiger charge is -2.15. The van der Waals surface area contributed by atoms with Gasteiger partial charge in [-0.25, -0.2) is 4.39 Å². The van der Waals surface area contributed by atoms with Crippen LogP contribution in [-0.2, 0) is 6.54 Å². The van der Waals surface area contributed by atoms with Crippen molar-refractivity contribution in [1.82, 2.24) is 15.5 Å². The number of rotatable bonds is 7. The number of unbranched alkanes of at least 4 members (excludes halogenated alkanes) is 1. The quantitative estimate of drug-likeness (QED) is 0.291. The molecule has 136 valence electrons. The minimum Gasteiger partial charge on any atom is -0.356 e. The molecule has 24 heavy (non-hydrogen) atoms. The number of likely N-dealkylation sites (tertiary alicyclic amines) is 1. The standard InChI is InChI=1S/C18H29FN4.HI/c1-15-13-16(7-8-17(15)19)14-22-18(20-2)21-9-3-4-10-23-11-5-6-12-23;/h7-8,13H,3-6,9-12,14H2,1-2H3,(H2,20,21,22);1H. The highest BCUT2D eigenvalue weighted by Crippen LogP contribution is 2.09. The van der Waals surface area contributed by atoms with Crippen LogP contribution in [0.1, 0.15) is 36.8 Å². The van der Waals surface area contributed by atoms with Crippen LogP contribution in [0.15, 0.2) is 23.2 Å². The van der Waals surface area contributed by atoms with Gasteiger partial charge in [0, 0.05) is 20.1 Å². The Balaban J connectivity index is 0.00000288. The van der Waals surface area contributed by atoms with Crippen LogP contribution in [0.5, 0.6) is 0 Å². The third kappa shape index (κ3) is 7.34. The molecule has 0 radical (unpaired) electrons. The summed E-state index contributed by atoms with van der Waals surface area (Å²) in [6.45, 7) is 7.11. The van der Waals surface area contributed by atoms with E-state index in [0.717, 1.165) is 24.5 Å². The molecule has 0 aromatic heterocycles. The van der Waals surface area contributed by atoms with Gasteiger partial charge >= 0.3 is 0 Å². The normalized spacial score (nSPS) is 15.2. The molecule has 0 atom stereocenters. The molecule has 0 bridgehead atoms. The van der Waals surface area contributed by atoms with Gasteiger partial charge in [0.25, 0.3) is 0 Å². The van der Waals surface area contributed by atoms with E-state index in [1.165, 1.54) is 45.0 Å². The van der Waals surface area contributed by atoms with E-state index in [9.17, 15) is 4.39 Å². The fourth-order valence-electron chi connectivity index (χ4n) is 2.90. The van der Waals surface area contributed by atoms with Crippen molar-refractivity contribution in [2.24, 2.45) is 4.99 Å². The average molecular weight is 448 g/mol. The second kappa shape index (κ2) is 11.6. The predicted octanol–water partition coefficient (Wildman–Crippen LogP) is 3.29. The summed E-state index contributed by atoms with van der Waals surface area (Å²) in [6.07, 6.45) is 5.09. The van der Waals surface area contributed by atoms with Crippen molar-refractivity contribution >= 4 is 29.9 Å². The molecule has 0 aliphatic carbocycles. The van der Waals surface area contributed by atoms with E-state index in [4.69, 9.17) is 0 Å². The molecule has 0 saturated carbocycles.